The van der Waals surface area contributed by atoms with Gasteiger partial charge in [-0.05, 0) is 71.8 Å². The molecular weight excluding hydrogens is 523 g/mol. The molecule has 0 saturated heterocycles. The number of aromatic nitrogens is 1. The van der Waals surface area contributed by atoms with Crippen LogP contribution < -0.4 is 10.1 Å². The Bertz CT molecular complexity index is 1350. The number of aliphatic hydroxyl groups excluding tert-OH is 1. The summed E-state index contributed by atoms with van der Waals surface area (Å²) in [5.41, 5.74) is 5.43. The number of fused-ring (bicyclic) bond motifs is 1. The summed E-state index contributed by atoms with van der Waals surface area (Å²) in [6.07, 6.45) is 5.64. The molecule has 1 heterocycles. The first-order chi connectivity index (χ1) is 17.6. The third kappa shape index (κ3) is 6.91. The van der Waals surface area contributed by atoms with Crippen molar-refractivity contribution in [1.29, 1.82) is 0 Å². The van der Waals surface area contributed by atoms with Crippen LogP contribution in [0, 0.1) is 0 Å². The molecule has 3 aromatic carbocycles. The lowest BCUT2D eigenvalue weighted by Gasteiger charge is -2.27. The number of benzene rings is 3. The number of aromatic carboxylic acids is 1. The topological polar surface area (TPSA) is 91.7 Å². The average Bonchev–Trinajstić information content (AvgIpc) is 2.92. The van der Waals surface area contributed by atoms with E-state index in [1.807, 2.05) is 36.4 Å². The van der Waals surface area contributed by atoms with Gasteiger partial charge >= 0.3 is 5.97 Å². The quantitative estimate of drug-likeness (QED) is 0.239. The predicted molar refractivity (Wildman–Crippen MR) is 153 cm³/mol. The molecule has 0 aliphatic heterocycles. The molecule has 3 N–H and O–H groups in total. The minimum Gasteiger partial charge on any atom is -0.478 e. The molecule has 0 radical (unpaired) electrons. The van der Waals surface area contributed by atoms with Crippen LogP contribution in [-0.2, 0) is 12.8 Å². The number of aliphatic hydroxyl groups is 1. The summed E-state index contributed by atoms with van der Waals surface area (Å²) in [5.74, 6) is -0.127. The van der Waals surface area contributed by atoms with Crippen LogP contribution in [0.2, 0.25) is 0 Å². The Labute approximate surface area is 234 Å². The Hall–Kier alpha value is -3.42. The molecule has 1 aliphatic carbocycles. The maximum Gasteiger partial charge on any atom is 0.339 e. The zero-order valence-corrected chi connectivity index (χ0v) is 22.3. The van der Waals surface area contributed by atoms with Gasteiger partial charge in [-0.3, -0.25) is 4.98 Å². The normalized spacial score (nSPS) is 14.8. The number of ether oxygens (including phenoxy) is 1. The van der Waals surface area contributed by atoms with E-state index in [0.29, 0.717) is 18.0 Å². The molecule has 6 nitrogen and oxygen atoms in total. The molecule has 2 atom stereocenters. The van der Waals surface area contributed by atoms with Gasteiger partial charge in [0.15, 0.2) is 0 Å². The summed E-state index contributed by atoms with van der Waals surface area (Å²) in [5, 5.41) is 23.6. The van der Waals surface area contributed by atoms with Crippen LogP contribution in [0.1, 0.15) is 39.6 Å². The molecular formula is C30H30Cl2N2O4. The zero-order chi connectivity index (χ0) is 24.9. The van der Waals surface area contributed by atoms with Gasteiger partial charge in [0.1, 0.15) is 17.1 Å². The monoisotopic (exact) mass is 552 g/mol. The third-order valence-corrected chi connectivity index (χ3v) is 6.62. The fourth-order valence-electron chi connectivity index (χ4n) is 4.66. The molecule has 4 aromatic rings. The van der Waals surface area contributed by atoms with Gasteiger partial charge in [0.2, 0.25) is 0 Å². The molecule has 38 heavy (non-hydrogen) atoms. The van der Waals surface area contributed by atoms with E-state index in [0.717, 1.165) is 36.0 Å². The van der Waals surface area contributed by atoms with E-state index in [-0.39, 0.29) is 36.4 Å². The van der Waals surface area contributed by atoms with Gasteiger partial charge in [0.25, 0.3) is 0 Å². The Morgan fingerprint density at radius 2 is 1.74 bits per heavy atom. The Morgan fingerprint density at radius 1 is 0.974 bits per heavy atom. The second-order valence-electron chi connectivity index (χ2n) is 9.06. The van der Waals surface area contributed by atoms with Gasteiger partial charge in [-0.25, -0.2) is 4.79 Å². The molecule has 0 spiro atoms. The lowest BCUT2D eigenvalue weighted by Crippen LogP contribution is -2.37. The van der Waals surface area contributed by atoms with Crippen molar-refractivity contribution in [2.75, 3.05) is 6.54 Å². The molecule has 5 rings (SSSR count). The first-order valence-corrected chi connectivity index (χ1v) is 12.1. The van der Waals surface area contributed by atoms with Gasteiger partial charge in [0, 0.05) is 30.5 Å². The van der Waals surface area contributed by atoms with Crippen molar-refractivity contribution in [3.63, 3.8) is 0 Å². The maximum atomic E-state index is 11.8. The Balaban J connectivity index is 0.00000200. The second kappa shape index (κ2) is 13.4. The van der Waals surface area contributed by atoms with Crippen LogP contribution in [0.5, 0.6) is 11.5 Å². The average molecular weight is 553 g/mol. The highest BCUT2D eigenvalue weighted by molar-refractivity contribution is 5.92. The zero-order valence-electron chi connectivity index (χ0n) is 20.6. The molecule has 198 valence electrons. The number of hydrogen-bond acceptors (Lipinski definition) is 5. The lowest BCUT2D eigenvalue weighted by molar-refractivity contribution is 0.0694. The minimum absolute atomic E-state index is 0. The number of halogens is 2. The number of carboxylic acid groups (broad SMARTS) is 1. The standard InChI is InChI=1S/C30H28N2O4.2ClH/c33-28(23-5-4-14-31-18-23)19-32-25-12-10-20-8-9-21(15-24(20)16-25)22-11-13-27(30(34)35)29(17-22)36-26-6-2-1-3-7-26;;/h1-9,11,13-15,17-18,25,28,32-33H,10,12,16,19H2,(H,34,35);2*1H/t25-,28+;;/m0../s1. The van der Waals surface area contributed by atoms with Crippen LogP contribution in [0.4, 0.5) is 0 Å². The lowest BCUT2D eigenvalue weighted by atomic mass is 9.86. The van der Waals surface area contributed by atoms with E-state index in [4.69, 9.17) is 4.74 Å². The van der Waals surface area contributed by atoms with Crippen LogP contribution >= 0.6 is 24.8 Å². The minimum atomic E-state index is -1.03. The summed E-state index contributed by atoms with van der Waals surface area (Å²) in [4.78, 5) is 15.9. The number of nitrogens with one attached hydrogen (secondary N) is 1. The van der Waals surface area contributed by atoms with Crippen LogP contribution in [0.3, 0.4) is 0 Å². The maximum absolute atomic E-state index is 11.8. The van der Waals surface area contributed by atoms with Crippen molar-refractivity contribution in [3.05, 3.63) is 114 Å². The van der Waals surface area contributed by atoms with Crippen LogP contribution in [-0.4, -0.2) is 33.8 Å². The van der Waals surface area contributed by atoms with Gasteiger partial charge in [-0.2, -0.15) is 0 Å². The molecule has 1 aliphatic rings. The van der Waals surface area contributed by atoms with Gasteiger partial charge in [-0.1, -0.05) is 48.5 Å². The van der Waals surface area contributed by atoms with Crippen LogP contribution in [0.25, 0.3) is 11.1 Å². The third-order valence-electron chi connectivity index (χ3n) is 6.62. The first kappa shape index (κ1) is 29.1. The summed E-state index contributed by atoms with van der Waals surface area (Å²) >= 11 is 0. The van der Waals surface area contributed by atoms with Crippen molar-refractivity contribution in [1.82, 2.24) is 10.3 Å². The van der Waals surface area contributed by atoms with Crippen molar-refractivity contribution < 1.29 is 19.7 Å². The van der Waals surface area contributed by atoms with E-state index in [1.165, 1.54) is 11.1 Å². The molecule has 0 unspecified atom stereocenters. The number of carboxylic acids is 1. The molecule has 0 amide bonds. The number of carbonyl (C=O) groups is 1. The number of rotatable bonds is 8. The van der Waals surface area contributed by atoms with E-state index in [2.05, 4.69) is 28.5 Å². The highest BCUT2D eigenvalue weighted by atomic mass is 35.5. The molecule has 8 heteroatoms. The van der Waals surface area contributed by atoms with Crippen molar-refractivity contribution in [2.45, 2.75) is 31.4 Å². The fourth-order valence-corrected chi connectivity index (χ4v) is 4.66. The second-order valence-corrected chi connectivity index (χ2v) is 9.06. The SMILES string of the molecule is Cl.Cl.O=C(O)c1ccc(-c2ccc3c(c2)C[C@@H](NC[C@@H](O)c2cccnc2)CC3)cc1Oc1ccccc1. The van der Waals surface area contributed by atoms with Gasteiger partial charge in [0.05, 0.1) is 6.10 Å². The van der Waals surface area contributed by atoms with Crippen molar-refractivity contribution >= 4 is 30.8 Å². The van der Waals surface area contributed by atoms with E-state index < -0.39 is 12.1 Å². The summed E-state index contributed by atoms with van der Waals surface area (Å²) in [6.45, 7) is 0.474. The van der Waals surface area contributed by atoms with Crippen molar-refractivity contribution in [2.24, 2.45) is 0 Å². The molecule has 0 fully saturated rings. The highest BCUT2D eigenvalue weighted by Gasteiger charge is 2.21. The number of hydrogen-bond donors (Lipinski definition) is 3. The molecule has 0 saturated carbocycles. The summed E-state index contributed by atoms with van der Waals surface area (Å²) in [6, 6.07) is 24.8. The largest absolute Gasteiger partial charge is 0.478 e. The van der Waals surface area contributed by atoms with E-state index in [1.54, 1.807) is 36.7 Å². The highest BCUT2D eigenvalue weighted by Crippen LogP contribution is 2.33. The van der Waals surface area contributed by atoms with Crippen LogP contribution in [0.15, 0.2) is 91.3 Å². The Kier molecular flexibility index (Phi) is 10.3. The first-order valence-electron chi connectivity index (χ1n) is 12.1. The van der Waals surface area contributed by atoms with Gasteiger partial charge in [-0.15, -0.1) is 24.8 Å². The smallest absolute Gasteiger partial charge is 0.339 e. The summed E-state index contributed by atoms with van der Waals surface area (Å²) in [7, 11) is 0. The molecule has 1 aromatic heterocycles. The fraction of sp³-hybridized carbons (Fsp3) is 0.200. The number of para-hydroxylation sites is 1. The Morgan fingerprint density at radius 3 is 2.47 bits per heavy atom. The number of aryl methyl sites for hydroxylation is 1. The number of nitrogens with zero attached hydrogens (tertiary/aromatic N) is 1. The molecule has 0 bridgehead atoms. The summed E-state index contributed by atoms with van der Waals surface area (Å²) < 4.78 is 5.93. The van der Waals surface area contributed by atoms with Crippen molar-refractivity contribution in [3.8, 4) is 22.6 Å². The predicted octanol–water partition coefficient (Wildman–Crippen LogP) is 6.26. The number of pyridine rings is 1. The van der Waals surface area contributed by atoms with E-state index >= 15 is 0 Å². The van der Waals surface area contributed by atoms with Gasteiger partial charge < -0.3 is 20.3 Å². The van der Waals surface area contributed by atoms with E-state index in [9.17, 15) is 15.0 Å².